The summed E-state index contributed by atoms with van der Waals surface area (Å²) < 4.78 is 0. The first-order valence-electron chi connectivity index (χ1n) is 2.86. The monoisotopic (exact) mass is 118 g/mol. The Morgan fingerprint density at radius 2 is 2.56 bits per heavy atom. The van der Waals surface area contributed by atoms with Gasteiger partial charge in [-0.25, -0.2) is 0 Å². The van der Waals surface area contributed by atoms with Gasteiger partial charge in [0.2, 0.25) is 0 Å². The molecule has 0 spiro atoms. The molecule has 2 heteroatoms. The molecule has 4 radical (unpaired) electrons. The summed E-state index contributed by atoms with van der Waals surface area (Å²) in [5.41, 5.74) is 1.12. The van der Waals surface area contributed by atoms with E-state index in [1.54, 1.807) is 0 Å². The lowest BCUT2D eigenvalue weighted by molar-refractivity contribution is 0.797. The van der Waals surface area contributed by atoms with Crippen molar-refractivity contribution in [2.24, 2.45) is 0 Å². The van der Waals surface area contributed by atoms with E-state index < -0.39 is 0 Å². The van der Waals surface area contributed by atoms with Crippen molar-refractivity contribution in [1.29, 1.82) is 0 Å². The van der Waals surface area contributed by atoms with E-state index in [9.17, 15) is 0 Å². The third kappa shape index (κ3) is 0.754. The zero-order valence-electron chi connectivity index (χ0n) is 4.81. The highest BCUT2D eigenvalue weighted by Gasteiger charge is 2.20. The van der Waals surface area contributed by atoms with E-state index >= 15 is 0 Å². The van der Waals surface area contributed by atoms with Crippen LogP contribution in [0.4, 0.5) is 0 Å². The molecule has 2 aliphatic rings. The Bertz CT molecular complexity index is 170. The van der Waals surface area contributed by atoms with Crippen LogP contribution in [0.15, 0.2) is 23.9 Å². The summed E-state index contributed by atoms with van der Waals surface area (Å²) in [6.07, 6.45) is 8.95. The summed E-state index contributed by atoms with van der Waals surface area (Å²) >= 11 is 0. The Hall–Kier alpha value is -0.760. The molecular weight excluding hydrogens is 112 g/mol. The minimum atomic E-state index is 0.218. The molecule has 1 atom stereocenters. The summed E-state index contributed by atoms with van der Waals surface area (Å²) in [6.45, 7) is 2.79. The molecule has 0 amide bonds. The van der Waals surface area contributed by atoms with Gasteiger partial charge in [-0.05, 0) is 6.08 Å². The molecule has 2 N–H and O–H groups in total. The maximum absolute atomic E-state index is 3.10. The highest BCUT2D eigenvalue weighted by atomic mass is 15.2. The lowest BCUT2D eigenvalue weighted by atomic mass is 10.1. The van der Waals surface area contributed by atoms with Crippen LogP contribution in [0.2, 0.25) is 0 Å². The van der Waals surface area contributed by atoms with Crippen LogP contribution >= 0.6 is 0 Å². The van der Waals surface area contributed by atoms with E-state index in [4.69, 9.17) is 0 Å². The number of allylic oxidation sites excluding steroid dienone is 2. The molecule has 1 aliphatic heterocycles. The van der Waals surface area contributed by atoms with Crippen LogP contribution in [-0.2, 0) is 0 Å². The number of hydrogen-bond donors (Lipinski definition) is 2. The van der Waals surface area contributed by atoms with E-state index in [0.717, 1.165) is 5.70 Å². The van der Waals surface area contributed by atoms with Gasteiger partial charge in [0.15, 0.2) is 6.67 Å². The molecule has 1 unspecified atom stereocenters. The van der Waals surface area contributed by atoms with E-state index in [-0.39, 0.29) is 6.04 Å². The van der Waals surface area contributed by atoms with Gasteiger partial charge in [-0.15, -0.1) is 0 Å². The molecule has 1 aliphatic carbocycles. The van der Waals surface area contributed by atoms with Crippen molar-refractivity contribution in [3.05, 3.63) is 37.0 Å². The fourth-order valence-corrected chi connectivity index (χ4v) is 0.903. The number of nitrogens with one attached hydrogen (secondary N) is 2. The molecule has 2 rings (SSSR count). The average Bonchev–Trinajstić information content (AvgIpc) is 2.33. The predicted molar refractivity (Wildman–Crippen MR) is 33.8 cm³/mol. The van der Waals surface area contributed by atoms with Crippen molar-refractivity contribution < 1.29 is 0 Å². The first-order chi connectivity index (χ1) is 4.47. The summed E-state index contributed by atoms with van der Waals surface area (Å²) in [4.78, 5) is 0. The molecule has 0 aromatic rings. The van der Waals surface area contributed by atoms with E-state index in [1.807, 2.05) is 18.2 Å². The third-order valence-corrected chi connectivity index (χ3v) is 1.37. The molecule has 2 nitrogen and oxygen atoms in total. The zero-order valence-corrected chi connectivity index (χ0v) is 4.81. The van der Waals surface area contributed by atoms with Crippen molar-refractivity contribution in [1.82, 2.24) is 10.6 Å². The first kappa shape index (κ1) is 5.06. The van der Waals surface area contributed by atoms with Gasteiger partial charge in [0, 0.05) is 12.1 Å². The van der Waals surface area contributed by atoms with Gasteiger partial charge in [-0.3, -0.25) is 5.32 Å². The second-order valence-corrected chi connectivity index (χ2v) is 1.98. The van der Waals surface area contributed by atoms with Crippen LogP contribution < -0.4 is 10.6 Å². The van der Waals surface area contributed by atoms with E-state index in [2.05, 4.69) is 23.7 Å². The van der Waals surface area contributed by atoms with Gasteiger partial charge in [0.05, 0.1) is 6.04 Å². The van der Waals surface area contributed by atoms with Gasteiger partial charge < -0.3 is 5.32 Å². The van der Waals surface area contributed by atoms with Gasteiger partial charge in [0.1, 0.15) is 0 Å². The highest BCUT2D eigenvalue weighted by molar-refractivity contribution is 5.32. The van der Waals surface area contributed by atoms with Crippen molar-refractivity contribution in [2.75, 3.05) is 0 Å². The molecule has 1 heterocycles. The standard InChI is InChI=1S/C7H6N2/c1-2-4-7-6(3-1)8-5-9-7/h1-3,7-9H. The molecule has 44 valence electrons. The van der Waals surface area contributed by atoms with Gasteiger partial charge in [-0.1, -0.05) is 12.2 Å². The molecule has 0 aromatic carbocycles. The number of fused-ring (bicyclic) bond motifs is 1. The van der Waals surface area contributed by atoms with Crippen LogP contribution in [0.1, 0.15) is 0 Å². The summed E-state index contributed by atoms with van der Waals surface area (Å²) in [6, 6.07) is 0.218. The Morgan fingerprint density at radius 1 is 1.56 bits per heavy atom. The molecule has 0 bridgehead atoms. The summed E-state index contributed by atoms with van der Waals surface area (Å²) in [5.74, 6) is 0. The van der Waals surface area contributed by atoms with Crippen molar-refractivity contribution >= 4 is 0 Å². The normalized spacial score (nSPS) is 31.1. The van der Waals surface area contributed by atoms with Crippen LogP contribution in [0.5, 0.6) is 0 Å². The molecule has 0 aromatic heterocycles. The largest absolute Gasteiger partial charge is 0.363 e. The maximum atomic E-state index is 3.10. The average molecular weight is 118 g/mol. The fraction of sp³-hybridized carbons (Fsp3) is 0.143. The number of rotatable bonds is 0. The van der Waals surface area contributed by atoms with Crippen LogP contribution in [-0.4, -0.2) is 6.04 Å². The minimum Gasteiger partial charge on any atom is -0.363 e. The Morgan fingerprint density at radius 3 is 3.44 bits per heavy atom. The molecular formula is C7H6N2. The van der Waals surface area contributed by atoms with Gasteiger partial charge in [-0.2, -0.15) is 0 Å². The van der Waals surface area contributed by atoms with Crippen LogP contribution in [0.3, 0.4) is 0 Å². The van der Waals surface area contributed by atoms with E-state index in [1.165, 1.54) is 0 Å². The lowest BCUT2D eigenvalue weighted by Crippen LogP contribution is -2.21. The van der Waals surface area contributed by atoms with Gasteiger partial charge >= 0.3 is 0 Å². The summed E-state index contributed by atoms with van der Waals surface area (Å²) in [7, 11) is 0. The third-order valence-electron chi connectivity index (χ3n) is 1.37. The smallest absolute Gasteiger partial charge is 0.171 e. The molecule has 1 fully saturated rings. The molecule has 1 saturated heterocycles. The van der Waals surface area contributed by atoms with E-state index in [0.29, 0.717) is 0 Å². The van der Waals surface area contributed by atoms with Crippen LogP contribution in [0, 0.1) is 13.1 Å². The maximum Gasteiger partial charge on any atom is 0.171 e. The second kappa shape index (κ2) is 1.88. The topological polar surface area (TPSA) is 24.1 Å². The molecule has 9 heavy (non-hydrogen) atoms. The van der Waals surface area contributed by atoms with Crippen molar-refractivity contribution in [3.8, 4) is 0 Å². The highest BCUT2D eigenvalue weighted by Crippen LogP contribution is 2.13. The Balaban J connectivity index is 2.23. The zero-order chi connectivity index (χ0) is 6.10. The SMILES string of the molecule is [C]1NC2=CC=C[C]C2N1. The number of hydrogen-bond acceptors (Lipinski definition) is 2. The Labute approximate surface area is 54.6 Å². The minimum absolute atomic E-state index is 0.218. The Kier molecular flexibility index (Phi) is 1.06. The van der Waals surface area contributed by atoms with Crippen molar-refractivity contribution in [2.45, 2.75) is 6.04 Å². The first-order valence-corrected chi connectivity index (χ1v) is 2.86. The van der Waals surface area contributed by atoms with Crippen LogP contribution in [0.25, 0.3) is 0 Å². The molecule has 0 saturated carbocycles. The second-order valence-electron chi connectivity index (χ2n) is 1.98. The predicted octanol–water partition coefficient (Wildman–Crippen LogP) is 0.0791. The fourth-order valence-electron chi connectivity index (χ4n) is 0.903. The lowest BCUT2D eigenvalue weighted by Gasteiger charge is -2.09. The van der Waals surface area contributed by atoms with Gasteiger partial charge in [0.25, 0.3) is 0 Å². The van der Waals surface area contributed by atoms with Crippen molar-refractivity contribution in [3.63, 3.8) is 0 Å². The quantitative estimate of drug-likeness (QED) is 0.470. The summed E-state index contributed by atoms with van der Waals surface area (Å²) in [5, 5.41) is 5.91.